The van der Waals surface area contributed by atoms with Crippen molar-refractivity contribution in [2.45, 2.75) is 13.3 Å². The molecular weight excluding hydrogens is 324 g/mol. The van der Waals surface area contributed by atoms with Gasteiger partial charge in [0.05, 0.1) is 5.69 Å². The van der Waals surface area contributed by atoms with Crippen LogP contribution in [-0.2, 0) is 0 Å². The van der Waals surface area contributed by atoms with E-state index in [1.807, 2.05) is 6.92 Å². The van der Waals surface area contributed by atoms with Crippen LogP contribution in [0.15, 0.2) is 42.6 Å². The topological polar surface area (TPSA) is 68.0 Å². The number of anilines is 1. The summed E-state index contributed by atoms with van der Waals surface area (Å²) in [6, 6.07) is 8.52. The number of carbonyl (C=O) groups excluding carboxylic acids is 1. The highest BCUT2D eigenvalue weighted by molar-refractivity contribution is 6.09. The number of hydrogen-bond acceptors (Lipinski definition) is 3. The van der Waals surface area contributed by atoms with E-state index in [0.29, 0.717) is 28.4 Å². The zero-order valence-corrected chi connectivity index (χ0v) is 13.6. The van der Waals surface area contributed by atoms with Crippen molar-refractivity contribution in [1.82, 2.24) is 10.3 Å². The molecule has 4 nitrogen and oxygen atoms in total. The summed E-state index contributed by atoms with van der Waals surface area (Å²) in [4.78, 5) is 16.3. The zero-order valence-electron chi connectivity index (χ0n) is 13.6. The van der Waals surface area contributed by atoms with Crippen molar-refractivity contribution in [2.75, 3.05) is 12.3 Å². The van der Waals surface area contributed by atoms with Gasteiger partial charge in [0, 0.05) is 29.6 Å². The van der Waals surface area contributed by atoms with Crippen LogP contribution in [0.2, 0.25) is 0 Å². The molecule has 6 heteroatoms. The van der Waals surface area contributed by atoms with Gasteiger partial charge in [-0.15, -0.1) is 0 Å². The van der Waals surface area contributed by atoms with E-state index < -0.39 is 11.6 Å². The number of rotatable bonds is 4. The van der Waals surface area contributed by atoms with Gasteiger partial charge in [-0.25, -0.2) is 13.8 Å². The number of benzene rings is 2. The molecular formula is C19H17F2N3O. The van der Waals surface area contributed by atoms with E-state index >= 15 is 0 Å². The number of nitrogen functional groups attached to an aromatic ring is 1. The first-order valence-electron chi connectivity index (χ1n) is 7.93. The fourth-order valence-corrected chi connectivity index (χ4v) is 2.73. The zero-order chi connectivity index (χ0) is 18.0. The number of hydrogen-bond donors (Lipinski definition) is 2. The molecule has 0 saturated heterocycles. The number of nitrogens with zero attached hydrogens (tertiary/aromatic N) is 1. The molecule has 2 aromatic carbocycles. The van der Waals surface area contributed by atoms with Crippen molar-refractivity contribution in [3.8, 4) is 11.1 Å². The molecule has 0 bridgehead atoms. The van der Waals surface area contributed by atoms with Crippen molar-refractivity contribution < 1.29 is 13.6 Å². The molecule has 128 valence electrons. The molecule has 0 aliphatic rings. The molecule has 25 heavy (non-hydrogen) atoms. The standard InChI is InChI=1S/C19H17F2N3O/c1-2-6-23-19(25)18-17(22)15-5-3-4-14(16(15)10-24-18)11-7-12(20)9-13(21)8-11/h3-5,7-10H,2,6,22H2,1H3,(H,23,25). The van der Waals surface area contributed by atoms with Crippen molar-refractivity contribution in [3.05, 3.63) is 59.9 Å². The third-order valence-electron chi connectivity index (χ3n) is 3.90. The molecule has 0 unspecified atom stereocenters. The molecule has 3 rings (SSSR count). The summed E-state index contributed by atoms with van der Waals surface area (Å²) >= 11 is 0. The molecule has 0 atom stereocenters. The second-order valence-corrected chi connectivity index (χ2v) is 5.70. The number of halogens is 2. The quantitative estimate of drug-likeness (QED) is 0.756. The molecule has 0 aliphatic heterocycles. The Balaban J connectivity index is 2.14. The Morgan fingerprint density at radius 2 is 1.88 bits per heavy atom. The summed E-state index contributed by atoms with van der Waals surface area (Å²) in [6.45, 7) is 2.47. The van der Waals surface area contributed by atoms with Crippen molar-refractivity contribution in [1.29, 1.82) is 0 Å². The Kier molecular flexibility index (Phi) is 4.61. The van der Waals surface area contributed by atoms with Crippen LogP contribution in [0.25, 0.3) is 21.9 Å². The van der Waals surface area contributed by atoms with Crippen LogP contribution < -0.4 is 11.1 Å². The molecule has 0 spiro atoms. The number of nitrogens with one attached hydrogen (secondary N) is 1. The van der Waals surface area contributed by atoms with Gasteiger partial charge in [0.15, 0.2) is 5.69 Å². The second kappa shape index (κ2) is 6.84. The minimum Gasteiger partial charge on any atom is -0.396 e. The fraction of sp³-hybridized carbons (Fsp3) is 0.158. The molecule has 1 heterocycles. The normalized spacial score (nSPS) is 10.8. The van der Waals surface area contributed by atoms with Crippen LogP contribution in [0.3, 0.4) is 0 Å². The van der Waals surface area contributed by atoms with E-state index in [1.54, 1.807) is 18.2 Å². The monoisotopic (exact) mass is 341 g/mol. The van der Waals surface area contributed by atoms with Gasteiger partial charge in [-0.1, -0.05) is 25.1 Å². The highest BCUT2D eigenvalue weighted by atomic mass is 19.1. The van der Waals surface area contributed by atoms with Crippen LogP contribution in [0, 0.1) is 11.6 Å². The van der Waals surface area contributed by atoms with Gasteiger partial charge in [0.2, 0.25) is 0 Å². The van der Waals surface area contributed by atoms with Crippen molar-refractivity contribution >= 4 is 22.4 Å². The minimum absolute atomic E-state index is 0.142. The Bertz CT molecular complexity index is 937. The van der Waals surface area contributed by atoms with E-state index in [2.05, 4.69) is 10.3 Å². The average molecular weight is 341 g/mol. The van der Waals surface area contributed by atoms with E-state index in [4.69, 9.17) is 5.73 Å². The summed E-state index contributed by atoms with van der Waals surface area (Å²) in [5.41, 5.74) is 7.48. The second-order valence-electron chi connectivity index (χ2n) is 5.70. The maximum absolute atomic E-state index is 13.5. The van der Waals surface area contributed by atoms with Gasteiger partial charge >= 0.3 is 0 Å². The Hall–Kier alpha value is -3.02. The lowest BCUT2D eigenvalue weighted by Crippen LogP contribution is -2.26. The Morgan fingerprint density at radius 1 is 1.16 bits per heavy atom. The van der Waals surface area contributed by atoms with Crippen molar-refractivity contribution in [2.24, 2.45) is 0 Å². The molecule has 0 fully saturated rings. The van der Waals surface area contributed by atoms with E-state index in [-0.39, 0.29) is 17.3 Å². The maximum Gasteiger partial charge on any atom is 0.272 e. The van der Waals surface area contributed by atoms with Crippen LogP contribution in [0.1, 0.15) is 23.8 Å². The highest BCUT2D eigenvalue weighted by Crippen LogP contribution is 2.32. The summed E-state index contributed by atoms with van der Waals surface area (Å²) in [5, 5.41) is 3.97. The van der Waals surface area contributed by atoms with E-state index in [0.717, 1.165) is 12.5 Å². The number of aromatic nitrogens is 1. The largest absolute Gasteiger partial charge is 0.396 e. The SMILES string of the molecule is CCCNC(=O)c1ncc2c(-c3cc(F)cc(F)c3)cccc2c1N. The number of carbonyl (C=O) groups is 1. The lowest BCUT2D eigenvalue weighted by atomic mass is 9.98. The molecule has 0 radical (unpaired) electrons. The van der Waals surface area contributed by atoms with Gasteiger partial charge in [-0.2, -0.15) is 0 Å². The van der Waals surface area contributed by atoms with E-state index in [9.17, 15) is 13.6 Å². The first-order valence-corrected chi connectivity index (χ1v) is 7.93. The minimum atomic E-state index is -0.663. The van der Waals surface area contributed by atoms with Gasteiger partial charge < -0.3 is 11.1 Å². The third kappa shape index (κ3) is 3.28. The molecule has 0 saturated carbocycles. The summed E-state index contributed by atoms with van der Waals surface area (Å²) in [6.07, 6.45) is 2.30. The van der Waals surface area contributed by atoms with Crippen molar-refractivity contribution in [3.63, 3.8) is 0 Å². The van der Waals surface area contributed by atoms with Crippen LogP contribution >= 0.6 is 0 Å². The molecule has 3 N–H and O–H groups in total. The molecule has 1 aromatic heterocycles. The lowest BCUT2D eigenvalue weighted by Gasteiger charge is -2.12. The molecule has 1 amide bonds. The Labute approximate surface area is 143 Å². The van der Waals surface area contributed by atoms with Crippen LogP contribution in [-0.4, -0.2) is 17.4 Å². The first kappa shape index (κ1) is 16.8. The van der Waals surface area contributed by atoms with Gasteiger partial charge in [-0.3, -0.25) is 4.79 Å². The first-order chi connectivity index (χ1) is 12.0. The predicted octanol–water partition coefficient (Wildman–Crippen LogP) is 3.90. The van der Waals surface area contributed by atoms with Gasteiger partial charge in [0.1, 0.15) is 11.6 Å². The predicted molar refractivity (Wildman–Crippen MR) is 94.1 cm³/mol. The number of amides is 1. The lowest BCUT2D eigenvalue weighted by molar-refractivity contribution is 0.0950. The number of nitrogens with two attached hydrogens (primary N) is 1. The van der Waals surface area contributed by atoms with E-state index in [1.165, 1.54) is 18.3 Å². The van der Waals surface area contributed by atoms with Gasteiger partial charge in [-0.05, 0) is 29.7 Å². The smallest absolute Gasteiger partial charge is 0.272 e. The Morgan fingerprint density at radius 3 is 2.56 bits per heavy atom. The highest BCUT2D eigenvalue weighted by Gasteiger charge is 2.16. The van der Waals surface area contributed by atoms with Crippen LogP contribution in [0.5, 0.6) is 0 Å². The number of pyridine rings is 1. The van der Waals surface area contributed by atoms with Crippen LogP contribution in [0.4, 0.5) is 14.5 Å². The number of fused-ring (bicyclic) bond motifs is 1. The third-order valence-corrected chi connectivity index (χ3v) is 3.90. The summed E-state index contributed by atoms with van der Waals surface area (Å²) in [5.74, 6) is -1.67. The van der Waals surface area contributed by atoms with Gasteiger partial charge in [0.25, 0.3) is 5.91 Å². The average Bonchev–Trinajstić information content (AvgIpc) is 2.59. The summed E-state index contributed by atoms with van der Waals surface area (Å²) in [7, 11) is 0. The fourth-order valence-electron chi connectivity index (χ4n) is 2.73. The maximum atomic E-state index is 13.5. The summed E-state index contributed by atoms with van der Waals surface area (Å²) < 4.78 is 27.1. The molecule has 0 aliphatic carbocycles. The molecule has 3 aromatic rings.